The van der Waals surface area contributed by atoms with Gasteiger partial charge in [0.05, 0.1) is 6.54 Å². The summed E-state index contributed by atoms with van der Waals surface area (Å²) in [6.45, 7) is 2.57. The molecule has 4 heteroatoms. The maximum atomic E-state index is 11.7. The highest BCUT2D eigenvalue weighted by molar-refractivity contribution is 6.24. The van der Waals surface area contributed by atoms with Crippen molar-refractivity contribution >= 4 is 28.0 Å². The lowest BCUT2D eigenvalue weighted by molar-refractivity contribution is 0.0694. The van der Waals surface area contributed by atoms with Gasteiger partial charge in [-0.05, 0) is 47.5 Å². The molecule has 0 saturated heterocycles. The van der Waals surface area contributed by atoms with Crippen molar-refractivity contribution in [1.29, 1.82) is 0 Å². The summed E-state index contributed by atoms with van der Waals surface area (Å²) in [5, 5.41) is 11.8. The minimum absolute atomic E-state index is 0.135. The van der Waals surface area contributed by atoms with Gasteiger partial charge in [0.25, 0.3) is 0 Å². The fraction of sp³-hybridized carbons (Fsp3) is 0.0909. The number of carboxylic acids is 1. The van der Waals surface area contributed by atoms with E-state index in [1.807, 2.05) is 61.5 Å². The summed E-state index contributed by atoms with van der Waals surface area (Å²) in [6.07, 6.45) is 2.00. The normalized spacial score (nSPS) is 13.4. The van der Waals surface area contributed by atoms with Crippen LogP contribution in [-0.4, -0.2) is 23.3 Å². The number of hydrogen-bond donors (Lipinski definition) is 1. The largest absolute Gasteiger partial charge is 0.478 e. The minimum atomic E-state index is -1.02. The molecule has 1 heterocycles. The first-order chi connectivity index (χ1) is 12.6. The van der Waals surface area contributed by atoms with Gasteiger partial charge < -0.3 is 9.84 Å². The average molecular weight is 343 g/mol. The zero-order valence-electron chi connectivity index (χ0n) is 14.3. The second-order valence-electron chi connectivity index (χ2n) is 6.17. The van der Waals surface area contributed by atoms with Crippen LogP contribution >= 0.6 is 0 Å². The number of fused-ring (bicyclic) bond motifs is 1. The van der Waals surface area contributed by atoms with Gasteiger partial charge in [-0.15, -0.1) is 0 Å². The topological polar surface area (TPSA) is 58.9 Å². The molecule has 4 rings (SSSR count). The highest BCUT2D eigenvalue weighted by Gasteiger charge is 2.17. The Morgan fingerprint density at radius 2 is 1.85 bits per heavy atom. The number of nitrogens with zero attached hydrogens (tertiary/aromatic N) is 1. The molecule has 1 N–H and O–H groups in total. The van der Waals surface area contributed by atoms with Crippen LogP contribution in [-0.2, 0) is 0 Å². The zero-order chi connectivity index (χ0) is 18.1. The Balaban J connectivity index is 1.71. The molecule has 0 spiro atoms. The Kier molecular flexibility index (Phi) is 4.01. The molecule has 0 aliphatic carbocycles. The van der Waals surface area contributed by atoms with E-state index in [1.54, 1.807) is 12.1 Å². The van der Waals surface area contributed by atoms with E-state index < -0.39 is 5.97 Å². The monoisotopic (exact) mass is 343 g/mol. The third kappa shape index (κ3) is 2.97. The molecule has 0 unspecified atom stereocenters. The van der Waals surface area contributed by atoms with Gasteiger partial charge in [0, 0.05) is 11.3 Å². The minimum Gasteiger partial charge on any atom is -0.478 e. The predicted octanol–water partition coefficient (Wildman–Crippen LogP) is 5.19. The first-order valence-electron chi connectivity index (χ1n) is 8.38. The fourth-order valence-electron chi connectivity index (χ4n) is 3.14. The molecule has 0 atom stereocenters. The second-order valence-corrected chi connectivity index (χ2v) is 6.17. The van der Waals surface area contributed by atoms with E-state index in [4.69, 9.17) is 4.74 Å². The summed E-state index contributed by atoms with van der Waals surface area (Å²) >= 11 is 0. The quantitative estimate of drug-likeness (QED) is 0.709. The summed E-state index contributed by atoms with van der Waals surface area (Å²) in [6, 6.07) is 18.9. The lowest BCUT2D eigenvalue weighted by Gasteiger charge is -2.12. The van der Waals surface area contributed by atoms with E-state index in [9.17, 15) is 9.90 Å². The molecule has 0 radical (unpaired) electrons. The maximum absolute atomic E-state index is 11.7. The summed E-state index contributed by atoms with van der Waals surface area (Å²) in [7, 11) is 0. The van der Waals surface area contributed by atoms with E-state index in [-0.39, 0.29) is 5.56 Å². The van der Waals surface area contributed by atoms with Gasteiger partial charge in [-0.3, -0.25) is 4.99 Å². The van der Waals surface area contributed by atoms with Crippen LogP contribution in [0.5, 0.6) is 11.5 Å². The molecular formula is C22H17NO3. The molecule has 0 aromatic heterocycles. The van der Waals surface area contributed by atoms with Crippen LogP contribution in [0.15, 0.2) is 71.7 Å². The Morgan fingerprint density at radius 3 is 2.58 bits per heavy atom. The number of rotatable bonds is 4. The SMILES string of the molecule is CC1=NCC=C1c1ccc(Oc2ccc3ccccc3c2)c(C(=O)O)c1. The molecule has 128 valence electrons. The smallest absolute Gasteiger partial charge is 0.339 e. The molecule has 1 aliphatic rings. The van der Waals surface area contributed by atoms with E-state index in [0.29, 0.717) is 18.0 Å². The van der Waals surface area contributed by atoms with E-state index in [1.165, 1.54) is 0 Å². The van der Waals surface area contributed by atoms with Gasteiger partial charge in [0.2, 0.25) is 0 Å². The first kappa shape index (κ1) is 16.1. The fourth-order valence-corrected chi connectivity index (χ4v) is 3.14. The van der Waals surface area contributed by atoms with Gasteiger partial charge >= 0.3 is 5.97 Å². The maximum Gasteiger partial charge on any atom is 0.339 e. The van der Waals surface area contributed by atoms with E-state index in [0.717, 1.165) is 27.6 Å². The predicted molar refractivity (Wildman–Crippen MR) is 103 cm³/mol. The van der Waals surface area contributed by atoms with Crippen LogP contribution in [0.25, 0.3) is 16.3 Å². The average Bonchev–Trinajstić information content (AvgIpc) is 3.08. The van der Waals surface area contributed by atoms with Crippen molar-refractivity contribution in [1.82, 2.24) is 0 Å². The van der Waals surface area contributed by atoms with Gasteiger partial charge in [0.1, 0.15) is 17.1 Å². The zero-order valence-corrected chi connectivity index (χ0v) is 14.3. The second kappa shape index (κ2) is 6.48. The molecule has 26 heavy (non-hydrogen) atoms. The number of hydrogen-bond acceptors (Lipinski definition) is 3. The van der Waals surface area contributed by atoms with E-state index >= 15 is 0 Å². The van der Waals surface area contributed by atoms with Crippen molar-refractivity contribution in [2.45, 2.75) is 6.92 Å². The molecule has 0 amide bonds. The van der Waals surface area contributed by atoms with Crippen molar-refractivity contribution < 1.29 is 14.6 Å². The summed E-state index contributed by atoms with van der Waals surface area (Å²) in [4.78, 5) is 16.1. The number of carboxylic acid groups (broad SMARTS) is 1. The summed E-state index contributed by atoms with van der Waals surface area (Å²) in [5.41, 5.74) is 2.87. The molecule has 0 bridgehead atoms. The van der Waals surface area contributed by atoms with Crippen molar-refractivity contribution in [3.8, 4) is 11.5 Å². The lowest BCUT2D eigenvalue weighted by Crippen LogP contribution is -2.02. The molecule has 4 nitrogen and oxygen atoms in total. The van der Waals surface area contributed by atoms with Crippen LogP contribution in [0.2, 0.25) is 0 Å². The number of carbonyl (C=O) groups is 1. The van der Waals surface area contributed by atoms with Crippen LogP contribution < -0.4 is 4.74 Å². The van der Waals surface area contributed by atoms with Crippen molar-refractivity contribution in [3.63, 3.8) is 0 Å². The lowest BCUT2D eigenvalue weighted by atomic mass is 10.00. The molecule has 1 aliphatic heterocycles. The Morgan fingerprint density at radius 1 is 1.04 bits per heavy atom. The number of aliphatic imine (C=N–C) groups is 1. The van der Waals surface area contributed by atoms with Crippen molar-refractivity contribution in [2.75, 3.05) is 6.54 Å². The molecule has 0 fully saturated rings. The van der Waals surface area contributed by atoms with Gasteiger partial charge in [0.15, 0.2) is 0 Å². The van der Waals surface area contributed by atoms with Crippen LogP contribution in [0.3, 0.4) is 0 Å². The third-order valence-electron chi connectivity index (χ3n) is 4.48. The third-order valence-corrected chi connectivity index (χ3v) is 4.48. The first-order valence-corrected chi connectivity index (χ1v) is 8.38. The van der Waals surface area contributed by atoms with E-state index in [2.05, 4.69) is 4.99 Å². The van der Waals surface area contributed by atoms with Crippen molar-refractivity contribution in [3.05, 3.63) is 77.9 Å². The molecular weight excluding hydrogens is 326 g/mol. The van der Waals surface area contributed by atoms with Crippen LogP contribution in [0, 0.1) is 0 Å². The number of allylic oxidation sites excluding steroid dienone is 1. The highest BCUT2D eigenvalue weighted by Crippen LogP contribution is 2.31. The van der Waals surface area contributed by atoms with Crippen molar-refractivity contribution in [2.24, 2.45) is 4.99 Å². The number of aromatic carboxylic acids is 1. The Hall–Kier alpha value is -3.40. The molecule has 0 saturated carbocycles. The summed E-state index contributed by atoms with van der Waals surface area (Å²) < 4.78 is 5.89. The standard InChI is InChI=1S/C22H17NO3/c1-14-19(10-11-23-14)17-7-9-21(20(13-17)22(24)25)26-18-8-6-15-4-2-3-5-16(15)12-18/h2-10,12-13H,11H2,1H3,(H,24,25). The van der Waals surface area contributed by atoms with Gasteiger partial charge in [-0.2, -0.15) is 0 Å². The molecule has 3 aromatic carbocycles. The van der Waals surface area contributed by atoms with Gasteiger partial charge in [-0.25, -0.2) is 4.79 Å². The summed E-state index contributed by atoms with van der Waals surface area (Å²) in [5.74, 6) is -0.0858. The number of benzene rings is 3. The highest BCUT2D eigenvalue weighted by atomic mass is 16.5. The molecule has 3 aromatic rings. The van der Waals surface area contributed by atoms with Gasteiger partial charge in [-0.1, -0.05) is 42.5 Å². The van der Waals surface area contributed by atoms with Crippen LogP contribution in [0.1, 0.15) is 22.8 Å². The Bertz CT molecular complexity index is 1080. The van der Waals surface area contributed by atoms with Crippen LogP contribution in [0.4, 0.5) is 0 Å². The Labute approximate surface area is 151 Å². The number of ether oxygens (including phenoxy) is 1.